The van der Waals surface area contributed by atoms with E-state index in [-0.39, 0.29) is 17.8 Å². The molecule has 1 aliphatic heterocycles. The molecule has 0 saturated heterocycles. The van der Waals surface area contributed by atoms with Crippen LogP contribution in [0.1, 0.15) is 20.8 Å². The molecule has 1 unspecified atom stereocenters. The number of amidine groups is 1. The van der Waals surface area contributed by atoms with Crippen molar-refractivity contribution in [3.63, 3.8) is 0 Å². The van der Waals surface area contributed by atoms with Gasteiger partial charge in [-0.1, -0.05) is 18.8 Å². The van der Waals surface area contributed by atoms with E-state index in [4.69, 9.17) is 0 Å². The van der Waals surface area contributed by atoms with E-state index in [1.54, 1.807) is 0 Å². The zero-order chi connectivity index (χ0) is 9.30. The third-order valence-electron chi connectivity index (χ3n) is 1.80. The number of aliphatic imine (C=N–C) groups is 1. The molecule has 1 aliphatic rings. The Morgan fingerprint density at radius 1 is 1.67 bits per heavy atom. The topological polar surface area (TPSA) is 55.5 Å². The fourth-order valence-corrected chi connectivity index (χ4v) is 1.24. The second kappa shape index (κ2) is 3.05. The first-order chi connectivity index (χ1) is 5.52. The van der Waals surface area contributed by atoms with E-state index in [0.717, 1.165) is 5.57 Å². The van der Waals surface area contributed by atoms with Gasteiger partial charge in [-0.05, 0) is 23.8 Å². The van der Waals surface area contributed by atoms with Crippen LogP contribution in [0.15, 0.2) is 16.6 Å². The number of hydrogen-bond acceptors (Lipinski definition) is 3. The van der Waals surface area contributed by atoms with Gasteiger partial charge < -0.3 is 10.1 Å². The molecule has 4 nitrogen and oxygen atoms in total. The monoisotopic (exact) mass is 168 g/mol. The summed E-state index contributed by atoms with van der Waals surface area (Å²) >= 11 is 0. The standard InChI is InChI=1S/C8H12N2O2/c1-5(2)7-4-6(3)9-8(7)10(11)12/h4-6H,1-3H3. The van der Waals surface area contributed by atoms with Crippen LogP contribution in [0, 0.1) is 16.0 Å². The lowest BCUT2D eigenvalue weighted by atomic mass is 10.0. The summed E-state index contributed by atoms with van der Waals surface area (Å²) in [5, 5.41) is 10.5. The van der Waals surface area contributed by atoms with Gasteiger partial charge in [0.15, 0.2) is 6.04 Å². The molecule has 1 heterocycles. The molecule has 4 heteroatoms. The van der Waals surface area contributed by atoms with Gasteiger partial charge in [-0.2, -0.15) is 0 Å². The van der Waals surface area contributed by atoms with Crippen molar-refractivity contribution in [2.45, 2.75) is 26.8 Å². The maximum atomic E-state index is 10.5. The fourth-order valence-electron chi connectivity index (χ4n) is 1.24. The van der Waals surface area contributed by atoms with Crippen LogP contribution in [0.4, 0.5) is 0 Å². The Morgan fingerprint density at radius 3 is 2.58 bits per heavy atom. The molecule has 0 aromatic rings. The molecule has 0 aliphatic carbocycles. The van der Waals surface area contributed by atoms with E-state index in [2.05, 4.69) is 4.99 Å². The lowest BCUT2D eigenvalue weighted by molar-refractivity contribution is -0.349. The number of hydrogen-bond donors (Lipinski definition) is 0. The zero-order valence-electron chi connectivity index (χ0n) is 7.44. The summed E-state index contributed by atoms with van der Waals surface area (Å²) in [4.78, 5) is 14.0. The average Bonchev–Trinajstić information content (AvgIpc) is 2.31. The van der Waals surface area contributed by atoms with E-state index < -0.39 is 4.92 Å². The Labute approximate surface area is 71.1 Å². The van der Waals surface area contributed by atoms with Gasteiger partial charge in [0.25, 0.3) is 0 Å². The van der Waals surface area contributed by atoms with Gasteiger partial charge in [-0.3, -0.25) is 0 Å². The van der Waals surface area contributed by atoms with Gasteiger partial charge in [0, 0.05) is 0 Å². The first-order valence-electron chi connectivity index (χ1n) is 3.96. The van der Waals surface area contributed by atoms with Crippen LogP contribution < -0.4 is 0 Å². The number of nitro groups is 1. The van der Waals surface area contributed by atoms with Crippen molar-refractivity contribution < 1.29 is 4.92 Å². The first-order valence-corrected chi connectivity index (χ1v) is 3.96. The predicted octanol–water partition coefficient (Wildman–Crippen LogP) is 1.65. The Balaban J connectivity index is 2.95. The lowest BCUT2D eigenvalue weighted by Crippen LogP contribution is -2.15. The summed E-state index contributed by atoms with van der Waals surface area (Å²) in [5.74, 6) is 0.219. The van der Waals surface area contributed by atoms with Gasteiger partial charge in [-0.15, -0.1) is 0 Å². The van der Waals surface area contributed by atoms with E-state index in [1.807, 2.05) is 26.8 Å². The fraction of sp³-hybridized carbons (Fsp3) is 0.625. The van der Waals surface area contributed by atoms with Gasteiger partial charge in [0.2, 0.25) is 0 Å². The summed E-state index contributed by atoms with van der Waals surface area (Å²) in [7, 11) is 0. The summed E-state index contributed by atoms with van der Waals surface area (Å²) in [6, 6.07) is -0.0391. The van der Waals surface area contributed by atoms with Crippen molar-refractivity contribution in [3.05, 3.63) is 21.8 Å². The summed E-state index contributed by atoms with van der Waals surface area (Å²) in [6.45, 7) is 5.71. The number of rotatable bonds is 1. The quantitative estimate of drug-likeness (QED) is 0.441. The third kappa shape index (κ3) is 1.52. The minimum atomic E-state index is -0.407. The zero-order valence-corrected chi connectivity index (χ0v) is 7.44. The SMILES string of the molecule is CC1C=C(C(C)C)C([N+](=O)[O-])=N1. The van der Waals surface area contributed by atoms with Crippen molar-refractivity contribution in [3.8, 4) is 0 Å². The maximum Gasteiger partial charge on any atom is 0.362 e. The molecule has 0 bridgehead atoms. The molecule has 0 N–H and O–H groups in total. The molecule has 66 valence electrons. The summed E-state index contributed by atoms with van der Waals surface area (Å²) < 4.78 is 0. The van der Waals surface area contributed by atoms with Crippen molar-refractivity contribution in [1.29, 1.82) is 0 Å². The molecule has 1 rings (SSSR count). The highest BCUT2D eigenvalue weighted by Gasteiger charge is 2.29. The first kappa shape index (κ1) is 8.90. The maximum absolute atomic E-state index is 10.5. The molecular weight excluding hydrogens is 156 g/mol. The van der Waals surface area contributed by atoms with Gasteiger partial charge in [0.1, 0.15) is 0 Å². The highest BCUT2D eigenvalue weighted by Crippen LogP contribution is 2.20. The van der Waals surface area contributed by atoms with Crippen LogP contribution in [0.5, 0.6) is 0 Å². The van der Waals surface area contributed by atoms with Crippen molar-refractivity contribution in [2.75, 3.05) is 0 Å². The van der Waals surface area contributed by atoms with Crippen LogP contribution in [0.2, 0.25) is 0 Å². The molecule has 1 atom stereocenters. The second-order valence-corrected chi connectivity index (χ2v) is 3.23. The van der Waals surface area contributed by atoms with Crippen molar-refractivity contribution in [2.24, 2.45) is 10.9 Å². The van der Waals surface area contributed by atoms with Crippen LogP contribution in [-0.2, 0) is 0 Å². The summed E-state index contributed by atoms with van der Waals surface area (Å²) in [5.41, 5.74) is 0.757. The largest absolute Gasteiger partial charge is 0.362 e. The molecule has 0 amide bonds. The normalized spacial score (nSPS) is 22.5. The molecule has 0 radical (unpaired) electrons. The molecule has 0 saturated carbocycles. The van der Waals surface area contributed by atoms with E-state index >= 15 is 0 Å². The van der Waals surface area contributed by atoms with Crippen LogP contribution in [0.25, 0.3) is 0 Å². The van der Waals surface area contributed by atoms with Gasteiger partial charge in [-0.25, -0.2) is 0 Å². The minimum Gasteiger partial charge on any atom is -0.358 e. The van der Waals surface area contributed by atoms with Crippen LogP contribution >= 0.6 is 0 Å². The van der Waals surface area contributed by atoms with Gasteiger partial charge in [0.05, 0.1) is 5.57 Å². The Bertz CT molecular complexity index is 266. The average molecular weight is 168 g/mol. The van der Waals surface area contributed by atoms with E-state index in [1.165, 1.54) is 0 Å². The molecule has 0 aromatic heterocycles. The lowest BCUT2D eigenvalue weighted by Gasteiger charge is -2.02. The second-order valence-electron chi connectivity index (χ2n) is 3.23. The molecule has 0 spiro atoms. The van der Waals surface area contributed by atoms with E-state index in [9.17, 15) is 10.1 Å². The molecular formula is C8H12N2O2. The van der Waals surface area contributed by atoms with Crippen LogP contribution in [0.3, 0.4) is 0 Å². The third-order valence-corrected chi connectivity index (χ3v) is 1.80. The van der Waals surface area contributed by atoms with Crippen LogP contribution in [-0.4, -0.2) is 16.8 Å². The Hall–Kier alpha value is -1.19. The highest BCUT2D eigenvalue weighted by atomic mass is 16.6. The molecule has 0 fully saturated rings. The molecule has 0 aromatic carbocycles. The predicted molar refractivity (Wildman–Crippen MR) is 46.8 cm³/mol. The molecule has 12 heavy (non-hydrogen) atoms. The summed E-state index contributed by atoms with van der Waals surface area (Å²) in [6.07, 6.45) is 1.85. The Kier molecular flexibility index (Phi) is 2.26. The highest BCUT2D eigenvalue weighted by molar-refractivity contribution is 5.94. The minimum absolute atomic E-state index is 0.0391. The van der Waals surface area contributed by atoms with E-state index in [0.29, 0.717) is 0 Å². The smallest absolute Gasteiger partial charge is 0.358 e. The van der Waals surface area contributed by atoms with Crippen molar-refractivity contribution >= 4 is 5.84 Å². The van der Waals surface area contributed by atoms with Crippen molar-refractivity contribution in [1.82, 2.24) is 0 Å². The Morgan fingerprint density at radius 2 is 2.25 bits per heavy atom. The number of nitrogens with zero attached hydrogens (tertiary/aromatic N) is 2. The van der Waals surface area contributed by atoms with Gasteiger partial charge >= 0.3 is 5.84 Å².